The van der Waals surface area contributed by atoms with E-state index in [1.165, 1.54) is 0 Å². The average molecular weight is 290 g/mol. The minimum atomic E-state index is -0.0379. The van der Waals surface area contributed by atoms with Crippen LogP contribution in [-0.4, -0.2) is 43.4 Å². The molecule has 0 aromatic heterocycles. The summed E-state index contributed by atoms with van der Waals surface area (Å²) in [5, 5.41) is 6.56. The molecule has 0 saturated heterocycles. The molecule has 0 atom stereocenters. The van der Waals surface area contributed by atoms with Crippen molar-refractivity contribution in [1.82, 2.24) is 15.5 Å². The Labute approximate surface area is 127 Å². The molecule has 0 spiro atoms. The number of guanidine groups is 1. The van der Waals surface area contributed by atoms with Crippen molar-refractivity contribution < 1.29 is 4.79 Å². The van der Waals surface area contributed by atoms with Crippen LogP contribution in [0.4, 0.5) is 0 Å². The minimum Gasteiger partial charge on any atom is -0.352 e. The third kappa shape index (κ3) is 5.85. The van der Waals surface area contributed by atoms with E-state index in [2.05, 4.69) is 36.4 Å². The van der Waals surface area contributed by atoms with E-state index < -0.39 is 0 Å². The summed E-state index contributed by atoms with van der Waals surface area (Å²) in [7, 11) is 5.25. The van der Waals surface area contributed by atoms with Gasteiger partial charge < -0.3 is 15.5 Å². The third-order valence-corrected chi connectivity index (χ3v) is 2.78. The second-order valence-corrected chi connectivity index (χ2v) is 6.20. The maximum absolute atomic E-state index is 11.8. The summed E-state index contributed by atoms with van der Waals surface area (Å²) in [5.41, 5.74) is 1.76. The predicted octanol–water partition coefficient (Wildman–Crippen LogP) is 1.85. The molecule has 0 radical (unpaired) electrons. The number of rotatable bonds is 3. The number of nitrogens with one attached hydrogen (secondary N) is 2. The summed E-state index contributed by atoms with van der Waals surface area (Å²) < 4.78 is 0. The Bertz CT molecular complexity index is 498. The van der Waals surface area contributed by atoms with Crippen molar-refractivity contribution in [3.05, 3.63) is 35.4 Å². The number of carbonyl (C=O) groups excluding carboxylic acids is 1. The highest BCUT2D eigenvalue weighted by atomic mass is 16.2. The van der Waals surface area contributed by atoms with Crippen LogP contribution in [0.15, 0.2) is 29.3 Å². The number of amides is 1. The van der Waals surface area contributed by atoms with E-state index in [-0.39, 0.29) is 11.4 Å². The van der Waals surface area contributed by atoms with Gasteiger partial charge in [-0.15, -0.1) is 0 Å². The van der Waals surface area contributed by atoms with E-state index in [1.807, 2.05) is 24.3 Å². The summed E-state index contributed by atoms with van der Waals surface area (Å²) in [6.07, 6.45) is 0. The van der Waals surface area contributed by atoms with Crippen molar-refractivity contribution in [1.29, 1.82) is 0 Å². The van der Waals surface area contributed by atoms with E-state index >= 15 is 0 Å². The Morgan fingerprint density at radius 3 is 2.19 bits per heavy atom. The zero-order valence-electron chi connectivity index (χ0n) is 13.8. The number of hydrogen-bond donors (Lipinski definition) is 2. The van der Waals surface area contributed by atoms with Gasteiger partial charge in [-0.1, -0.05) is 12.1 Å². The fourth-order valence-electron chi connectivity index (χ4n) is 1.74. The molecule has 0 aliphatic carbocycles. The van der Waals surface area contributed by atoms with Gasteiger partial charge in [0, 0.05) is 38.8 Å². The van der Waals surface area contributed by atoms with Crippen LogP contribution < -0.4 is 10.6 Å². The first kappa shape index (κ1) is 17.0. The molecule has 2 N–H and O–H groups in total. The lowest BCUT2D eigenvalue weighted by Crippen LogP contribution is -2.47. The zero-order chi connectivity index (χ0) is 16.0. The van der Waals surface area contributed by atoms with Crippen molar-refractivity contribution in [3.8, 4) is 0 Å². The molecule has 1 aromatic carbocycles. The largest absolute Gasteiger partial charge is 0.352 e. The van der Waals surface area contributed by atoms with E-state index in [4.69, 9.17) is 0 Å². The van der Waals surface area contributed by atoms with Crippen LogP contribution in [0.25, 0.3) is 0 Å². The predicted molar refractivity (Wildman–Crippen MR) is 87.5 cm³/mol. The maximum atomic E-state index is 11.8. The highest BCUT2D eigenvalue weighted by molar-refractivity contribution is 5.93. The molecular weight excluding hydrogens is 264 g/mol. The molecule has 0 bridgehead atoms. The zero-order valence-corrected chi connectivity index (χ0v) is 13.8. The van der Waals surface area contributed by atoms with Crippen LogP contribution in [0.5, 0.6) is 0 Å². The first-order valence-corrected chi connectivity index (χ1v) is 7.02. The minimum absolute atomic E-state index is 0.0136. The summed E-state index contributed by atoms with van der Waals surface area (Å²) in [5.74, 6) is 0.774. The van der Waals surface area contributed by atoms with E-state index in [1.54, 1.807) is 26.0 Å². The SMILES string of the molecule is CN=C(NCc1ccc(C(=O)N(C)C)cc1)NC(C)(C)C. The second-order valence-electron chi connectivity index (χ2n) is 6.20. The van der Waals surface area contributed by atoms with Gasteiger partial charge in [0.05, 0.1) is 0 Å². The van der Waals surface area contributed by atoms with Crippen LogP contribution in [-0.2, 0) is 6.54 Å². The van der Waals surface area contributed by atoms with Crippen LogP contribution in [0.1, 0.15) is 36.7 Å². The molecule has 0 aliphatic heterocycles. The molecule has 116 valence electrons. The topological polar surface area (TPSA) is 56.7 Å². The van der Waals surface area contributed by atoms with Crippen molar-refractivity contribution in [2.45, 2.75) is 32.9 Å². The van der Waals surface area contributed by atoms with Crippen LogP contribution in [0, 0.1) is 0 Å². The number of nitrogens with zero attached hydrogens (tertiary/aromatic N) is 2. The number of benzene rings is 1. The molecule has 1 rings (SSSR count). The molecular formula is C16H26N4O. The smallest absolute Gasteiger partial charge is 0.253 e. The van der Waals surface area contributed by atoms with Gasteiger partial charge in [0.15, 0.2) is 5.96 Å². The van der Waals surface area contributed by atoms with Crippen molar-refractivity contribution in [3.63, 3.8) is 0 Å². The van der Waals surface area contributed by atoms with E-state index in [9.17, 15) is 4.79 Å². The lowest BCUT2D eigenvalue weighted by molar-refractivity contribution is 0.0827. The van der Waals surface area contributed by atoms with Gasteiger partial charge >= 0.3 is 0 Å². The average Bonchev–Trinajstić information content (AvgIpc) is 2.41. The highest BCUT2D eigenvalue weighted by Gasteiger charge is 2.11. The van der Waals surface area contributed by atoms with Gasteiger partial charge in [-0.2, -0.15) is 0 Å². The normalized spacial score (nSPS) is 12.0. The van der Waals surface area contributed by atoms with Crippen molar-refractivity contribution in [2.24, 2.45) is 4.99 Å². The van der Waals surface area contributed by atoms with Gasteiger partial charge in [0.25, 0.3) is 5.91 Å². The summed E-state index contributed by atoms with van der Waals surface area (Å²) in [6, 6.07) is 7.60. The van der Waals surface area contributed by atoms with Crippen molar-refractivity contribution in [2.75, 3.05) is 21.1 Å². The van der Waals surface area contributed by atoms with Gasteiger partial charge in [0.2, 0.25) is 0 Å². The Morgan fingerprint density at radius 1 is 1.19 bits per heavy atom. The highest BCUT2D eigenvalue weighted by Crippen LogP contribution is 2.06. The Kier molecular flexibility index (Phi) is 5.76. The monoisotopic (exact) mass is 290 g/mol. The molecule has 0 aliphatic rings. The molecule has 5 heteroatoms. The van der Waals surface area contributed by atoms with Gasteiger partial charge in [-0.3, -0.25) is 9.79 Å². The lowest BCUT2D eigenvalue weighted by atomic mass is 10.1. The number of carbonyl (C=O) groups is 1. The standard InChI is InChI=1S/C16H26N4O/c1-16(2,3)19-15(17-4)18-11-12-7-9-13(10-8-12)14(21)20(5)6/h7-10H,11H2,1-6H3,(H2,17,18,19). The Morgan fingerprint density at radius 2 is 1.76 bits per heavy atom. The van der Waals surface area contributed by atoms with Gasteiger partial charge in [0.1, 0.15) is 0 Å². The van der Waals surface area contributed by atoms with Crippen molar-refractivity contribution >= 4 is 11.9 Å². The molecule has 5 nitrogen and oxygen atoms in total. The first-order valence-electron chi connectivity index (χ1n) is 7.02. The lowest BCUT2D eigenvalue weighted by Gasteiger charge is -2.23. The number of aliphatic imine (C=N–C) groups is 1. The third-order valence-electron chi connectivity index (χ3n) is 2.78. The molecule has 1 aromatic rings. The quantitative estimate of drug-likeness (QED) is 0.660. The molecule has 0 fully saturated rings. The Balaban J connectivity index is 2.62. The van der Waals surface area contributed by atoms with Crippen LogP contribution >= 0.6 is 0 Å². The Hall–Kier alpha value is -2.04. The number of hydrogen-bond acceptors (Lipinski definition) is 2. The molecule has 0 heterocycles. The summed E-state index contributed by atoms with van der Waals surface area (Å²) in [4.78, 5) is 17.6. The summed E-state index contributed by atoms with van der Waals surface area (Å²) >= 11 is 0. The second kappa shape index (κ2) is 7.11. The van der Waals surface area contributed by atoms with E-state index in [0.717, 1.165) is 11.5 Å². The molecule has 0 saturated carbocycles. The fraction of sp³-hybridized carbons (Fsp3) is 0.500. The van der Waals surface area contributed by atoms with Crippen LogP contribution in [0.2, 0.25) is 0 Å². The summed E-state index contributed by atoms with van der Waals surface area (Å²) in [6.45, 7) is 6.91. The molecule has 0 unspecified atom stereocenters. The molecule has 1 amide bonds. The van der Waals surface area contributed by atoms with Crippen LogP contribution in [0.3, 0.4) is 0 Å². The van der Waals surface area contributed by atoms with Gasteiger partial charge in [-0.25, -0.2) is 0 Å². The molecule has 21 heavy (non-hydrogen) atoms. The first-order chi connectivity index (χ1) is 9.73. The van der Waals surface area contributed by atoms with Gasteiger partial charge in [-0.05, 0) is 38.5 Å². The van der Waals surface area contributed by atoms with E-state index in [0.29, 0.717) is 12.1 Å². The maximum Gasteiger partial charge on any atom is 0.253 e. The fourth-order valence-corrected chi connectivity index (χ4v) is 1.74.